The molecular weight excluding hydrogens is 604 g/mol. The van der Waals surface area contributed by atoms with E-state index in [-0.39, 0.29) is 0 Å². The zero-order chi connectivity index (χ0) is 32.3. The molecule has 0 unspecified atom stereocenters. The van der Waals surface area contributed by atoms with E-state index in [1.165, 1.54) is 0 Å². The summed E-state index contributed by atoms with van der Waals surface area (Å²) in [5.41, 5.74) is 5.99. The molecule has 0 spiro atoms. The first-order valence-corrected chi connectivity index (χ1v) is 16.4. The molecular formula is C43H28N4O2. The number of nitrogens with zero attached hydrogens (tertiary/aromatic N) is 3. The van der Waals surface area contributed by atoms with E-state index in [1.54, 1.807) is 0 Å². The lowest BCUT2D eigenvalue weighted by molar-refractivity contribution is 0.366. The summed E-state index contributed by atoms with van der Waals surface area (Å²) in [6.45, 7) is 0. The highest BCUT2D eigenvalue weighted by molar-refractivity contribution is 6.16. The average molecular weight is 633 g/mol. The van der Waals surface area contributed by atoms with Crippen molar-refractivity contribution in [3.05, 3.63) is 174 Å². The number of para-hydroxylation sites is 1. The Morgan fingerprint density at radius 2 is 1.14 bits per heavy atom. The Kier molecular flexibility index (Phi) is 6.14. The van der Waals surface area contributed by atoms with Gasteiger partial charge in [-0.25, -0.2) is 9.98 Å². The largest absolute Gasteiger partial charge is 0.449 e. The number of benzene rings is 7. The molecule has 6 nitrogen and oxygen atoms in total. The summed E-state index contributed by atoms with van der Waals surface area (Å²) in [5, 5.41) is 7.84. The Bertz CT molecular complexity index is 2590. The van der Waals surface area contributed by atoms with Crippen LogP contribution in [0.4, 0.5) is 0 Å². The topological polar surface area (TPSA) is 60.1 Å². The van der Waals surface area contributed by atoms with Crippen molar-refractivity contribution in [2.45, 2.75) is 6.17 Å². The van der Waals surface area contributed by atoms with E-state index < -0.39 is 6.17 Å². The van der Waals surface area contributed by atoms with Crippen LogP contribution in [0.15, 0.2) is 168 Å². The van der Waals surface area contributed by atoms with E-state index in [4.69, 9.17) is 19.5 Å². The SMILES string of the molecule is c1ccc(C2=NC(c3cccc(-n4c5ccccc5c5ccc6c(c54)Oc4ccc5ccccc5c4O6)c3)N=C(c3ccccc3)N2)cc1. The molecule has 0 saturated heterocycles. The van der Waals surface area contributed by atoms with Crippen molar-refractivity contribution in [3.63, 3.8) is 0 Å². The molecule has 0 aliphatic carbocycles. The monoisotopic (exact) mass is 632 g/mol. The van der Waals surface area contributed by atoms with Gasteiger partial charge in [-0.15, -0.1) is 0 Å². The second-order valence-electron chi connectivity index (χ2n) is 12.2. The number of hydrogen-bond donors (Lipinski definition) is 1. The van der Waals surface area contributed by atoms with Crippen molar-refractivity contribution < 1.29 is 9.47 Å². The van der Waals surface area contributed by atoms with Crippen LogP contribution in [0.2, 0.25) is 0 Å². The number of ether oxygens (including phenoxy) is 2. The summed E-state index contributed by atoms with van der Waals surface area (Å²) in [6.07, 6.45) is -0.451. The Balaban J connectivity index is 1.15. The van der Waals surface area contributed by atoms with Gasteiger partial charge in [-0.2, -0.15) is 0 Å². The van der Waals surface area contributed by atoms with Crippen LogP contribution in [0.25, 0.3) is 38.3 Å². The van der Waals surface area contributed by atoms with Crippen LogP contribution >= 0.6 is 0 Å². The fraction of sp³-hybridized carbons (Fsp3) is 0.0233. The van der Waals surface area contributed by atoms with Crippen LogP contribution < -0.4 is 14.8 Å². The summed E-state index contributed by atoms with van der Waals surface area (Å²) in [7, 11) is 0. The molecule has 3 heterocycles. The van der Waals surface area contributed by atoms with Gasteiger partial charge in [0.1, 0.15) is 17.2 Å². The zero-order valence-corrected chi connectivity index (χ0v) is 26.2. The van der Waals surface area contributed by atoms with Gasteiger partial charge in [0.15, 0.2) is 29.2 Å². The second kappa shape index (κ2) is 11.0. The molecule has 0 amide bonds. The summed E-state index contributed by atoms with van der Waals surface area (Å²) in [6, 6.07) is 53.8. The zero-order valence-electron chi connectivity index (χ0n) is 26.2. The number of aromatic nitrogens is 1. The van der Waals surface area contributed by atoms with Gasteiger partial charge in [0, 0.05) is 38.5 Å². The van der Waals surface area contributed by atoms with Crippen molar-refractivity contribution in [3.8, 4) is 28.7 Å². The van der Waals surface area contributed by atoms with Crippen molar-refractivity contribution >= 4 is 44.2 Å². The third-order valence-corrected chi connectivity index (χ3v) is 9.28. The molecule has 0 bridgehead atoms. The average Bonchev–Trinajstić information content (AvgIpc) is 3.53. The van der Waals surface area contributed by atoms with E-state index in [0.717, 1.165) is 72.4 Å². The van der Waals surface area contributed by atoms with Crippen LogP contribution in [0.3, 0.4) is 0 Å². The molecule has 49 heavy (non-hydrogen) atoms. The van der Waals surface area contributed by atoms with E-state index >= 15 is 0 Å². The smallest absolute Gasteiger partial charge is 0.194 e. The van der Waals surface area contributed by atoms with Crippen LogP contribution in [-0.4, -0.2) is 16.2 Å². The van der Waals surface area contributed by atoms with Gasteiger partial charge in [0.05, 0.1) is 5.52 Å². The van der Waals surface area contributed by atoms with E-state index in [2.05, 4.69) is 107 Å². The Hall–Kier alpha value is -6.66. The summed E-state index contributed by atoms with van der Waals surface area (Å²) in [4.78, 5) is 10.3. The van der Waals surface area contributed by atoms with Crippen LogP contribution in [0, 0.1) is 0 Å². The van der Waals surface area contributed by atoms with Gasteiger partial charge in [-0.3, -0.25) is 0 Å². The number of nitrogens with one attached hydrogen (secondary N) is 1. The maximum absolute atomic E-state index is 6.77. The summed E-state index contributed by atoms with van der Waals surface area (Å²) < 4.78 is 15.7. The number of fused-ring (bicyclic) bond motifs is 8. The minimum absolute atomic E-state index is 0.451. The number of aliphatic imine (C=N–C) groups is 2. The number of amidine groups is 2. The maximum atomic E-state index is 6.77. The Morgan fingerprint density at radius 3 is 1.92 bits per heavy atom. The van der Waals surface area contributed by atoms with Gasteiger partial charge in [-0.05, 0) is 41.8 Å². The quantitative estimate of drug-likeness (QED) is 0.210. The van der Waals surface area contributed by atoms with E-state index in [0.29, 0.717) is 17.2 Å². The van der Waals surface area contributed by atoms with Gasteiger partial charge >= 0.3 is 0 Å². The molecule has 232 valence electrons. The first-order valence-electron chi connectivity index (χ1n) is 16.4. The molecule has 0 radical (unpaired) electrons. The molecule has 1 N–H and O–H groups in total. The van der Waals surface area contributed by atoms with Crippen molar-refractivity contribution in [2.24, 2.45) is 9.98 Å². The fourth-order valence-electron chi connectivity index (χ4n) is 6.99. The van der Waals surface area contributed by atoms with Crippen molar-refractivity contribution in [2.75, 3.05) is 0 Å². The number of rotatable bonds is 4. The standard InChI is InChI=1S/C43H28N4O2/c1-3-13-28(14-4-1)41-44-42(29-15-5-2-6-16-29)46-43(45-41)30-17-11-18-31(26-30)47-35-21-10-9-20-33(35)34-23-25-37-40(38(34)47)49-36-24-22-27-12-7-8-19-32(27)39(36)48-37/h1-26,43H,(H,44,45,46). The van der Waals surface area contributed by atoms with Crippen molar-refractivity contribution in [1.82, 2.24) is 9.88 Å². The normalized spacial score (nSPS) is 14.0. The van der Waals surface area contributed by atoms with Gasteiger partial charge in [0.2, 0.25) is 0 Å². The van der Waals surface area contributed by atoms with Gasteiger partial charge < -0.3 is 19.4 Å². The minimum atomic E-state index is -0.451. The third-order valence-electron chi connectivity index (χ3n) is 9.28. The third kappa shape index (κ3) is 4.49. The molecule has 0 fully saturated rings. The molecule has 10 rings (SSSR count). The first-order chi connectivity index (χ1) is 24.3. The van der Waals surface area contributed by atoms with Gasteiger partial charge in [-0.1, -0.05) is 121 Å². The Labute approximate surface area is 282 Å². The Morgan fingerprint density at radius 1 is 0.510 bits per heavy atom. The van der Waals surface area contributed by atoms with Gasteiger partial charge in [0.25, 0.3) is 0 Å². The molecule has 7 aromatic carbocycles. The maximum Gasteiger partial charge on any atom is 0.194 e. The van der Waals surface area contributed by atoms with Crippen LogP contribution in [-0.2, 0) is 0 Å². The summed E-state index contributed by atoms with van der Waals surface area (Å²) >= 11 is 0. The van der Waals surface area contributed by atoms with Crippen LogP contribution in [0.5, 0.6) is 23.0 Å². The number of hydrogen-bond acceptors (Lipinski definition) is 5. The molecule has 1 aromatic heterocycles. The predicted molar refractivity (Wildman–Crippen MR) is 197 cm³/mol. The molecule has 2 aliphatic heterocycles. The lowest BCUT2D eigenvalue weighted by Gasteiger charge is -2.24. The lowest BCUT2D eigenvalue weighted by Crippen LogP contribution is -2.36. The molecule has 0 atom stereocenters. The molecule has 6 heteroatoms. The lowest BCUT2D eigenvalue weighted by atomic mass is 10.1. The second-order valence-corrected chi connectivity index (χ2v) is 12.2. The highest BCUT2D eigenvalue weighted by atomic mass is 16.6. The fourth-order valence-corrected chi connectivity index (χ4v) is 6.99. The van der Waals surface area contributed by atoms with E-state index in [9.17, 15) is 0 Å². The summed E-state index contributed by atoms with van der Waals surface area (Å²) in [5.74, 6) is 4.38. The minimum Gasteiger partial charge on any atom is -0.449 e. The first kappa shape index (κ1) is 27.5. The predicted octanol–water partition coefficient (Wildman–Crippen LogP) is 10.3. The molecule has 0 saturated carbocycles. The highest BCUT2D eigenvalue weighted by Crippen LogP contribution is 2.52. The highest BCUT2D eigenvalue weighted by Gasteiger charge is 2.27. The van der Waals surface area contributed by atoms with E-state index in [1.807, 2.05) is 60.7 Å². The molecule has 2 aliphatic rings. The molecule has 8 aromatic rings. The van der Waals surface area contributed by atoms with Crippen molar-refractivity contribution in [1.29, 1.82) is 0 Å². The van der Waals surface area contributed by atoms with Crippen LogP contribution in [0.1, 0.15) is 22.9 Å².